The average Bonchev–Trinajstić information content (AvgIpc) is 2.49. The van der Waals surface area contributed by atoms with Crippen molar-refractivity contribution in [2.24, 2.45) is 11.8 Å². The molecule has 1 N–H and O–H groups in total. The van der Waals surface area contributed by atoms with Crippen LogP contribution >= 0.6 is 0 Å². The van der Waals surface area contributed by atoms with Crippen molar-refractivity contribution in [2.75, 3.05) is 33.4 Å². The van der Waals surface area contributed by atoms with E-state index in [1.807, 2.05) is 13.8 Å². The van der Waals surface area contributed by atoms with E-state index in [0.717, 1.165) is 26.2 Å². The molecule has 3 atom stereocenters. The maximum absolute atomic E-state index is 10.6. The zero-order valence-electron chi connectivity index (χ0n) is 13.7. The van der Waals surface area contributed by atoms with Gasteiger partial charge >= 0.3 is 0 Å². The number of piperidine rings is 1. The van der Waals surface area contributed by atoms with Gasteiger partial charge in [-0.15, -0.1) is 0 Å². The Balaban J connectivity index is 1.98. The second kappa shape index (κ2) is 5.91. The molecule has 2 saturated heterocycles. The van der Waals surface area contributed by atoms with Gasteiger partial charge in [-0.2, -0.15) is 0 Å². The molecule has 0 aromatic carbocycles. The molecule has 0 spiro atoms. The number of nitrogens with zero attached hydrogens (tertiary/aromatic N) is 1. The van der Waals surface area contributed by atoms with Gasteiger partial charge in [-0.05, 0) is 53.0 Å². The average molecular weight is 285 g/mol. The van der Waals surface area contributed by atoms with E-state index in [2.05, 4.69) is 18.7 Å². The molecule has 2 aliphatic rings. The van der Waals surface area contributed by atoms with Crippen LogP contribution in [0.4, 0.5) is 0 Å². The number of hydrogen-bond donors (Lipinski definition) is 1. The van der Waals surface area contributed by atoms with Crippen LogP contribution in [0.3, 0.4) is 0 Å². The van der Waals surface area contributed by atoms with Crippen molar-refractivity contribution < 1.29 is 14.6 Å². The fourth-order valence-corrected chi connectivity index (χ4v) is 3.97. The van der Waals surface area contributed by atoms with Crippen molar-refractivity contribution in [3.63, 3.8) is 0 Å². The number of aliphatic hydroxyl groups is 1. The third kappa shape index (κ3) is 3.35. The summed E-state index contributed by atoms with van der Waals surface area (Å²) >= 11 is 0. The number of likely N-dealkylation sites (tertiary alicyclic amines) is 1. The Morgan fingerprint density at radius 2 is 1.95 bits per heavy atom. The fourth-order valence-electron chi connectivity index (χ4n) is 3.97. The standard InChI is InChI=1S/C16H31NO3/c1-15(2)13(14(18)16(3,4)20-15)10-17-8-6-7-12(9-17)11-19-5/h12-14,18H,6-11H2,1-5H3. The molecule has 0 saturated carbocycles. The minimum absolute atomic E-state index is 0.166. The van der Waals surface area contributed by atoms with Crippen LogP contribution in [-0.4, -0.2) is 60.7 Å². The summed E-state index contributed by atoms with van der Waals surface area (Å²) in [4.78, 5) is 2.48. The maximum Gasteiger partial charge on any atom is 0.0896 e. The molecule has 118 valence electrons. The van der Waals surface area contributed by atoms with Gasteiger partial charge in [0, 0.05) is 26.1 Å². The molecule has 20 heavy (non-hydrogen) atoms. The molecule has 4 heteroatoms. The molecule has 0 radical (unpaired) electrons. The highest BCUT2D eigenvalue weighted by Crippen LogP contribution is 2.42. The van der Waals surface area contributed by atoms with Crippen molar-refractivity contribution in [2.45, 2.75) is 57.8 Å². The van der Waals surface area contributed by atoms with Crippen LogP contribution in [-0.2, 0) is 9.47 Å². The lowest BCUT2D eigenvalue weighted by molar-refractivity contribution is -0.0915. The van der Waals surface area contributed by atoms with Crippen LogP contribution in [0, 0.1) is 11.8 Å². The number of rotatable bonds is 4. The first-order valence-electron chi connectivity index (χ1n) is 7.86. The summed E-state index contributed by atoms with van der Waals surface area (Å²) in [6.07, 6.45) is 2.07. The van der Waals surface area contributed by atoms with Crippen LogP contribution < -0.4 is 0 Å². The molecule has 0 aliphatic carbocycles. The van der Waals surface area contributed by atoms with Crippen molar-refractivity contribution in [1.29, 1.82) is 0 Å². The van der Waals surface area contributed by atoms with E-state index in [1.54, 1.807) is 7.11 Å². The maximum atomic E-state index is 10.6. The Hall–Kier alpha value is -0.160. The molecule has 0 amide bonds. The lowest BCUT2D eigenvalue weighted by Gasteiger charge is -2.37. The fraction of sp³-hybridized carbons (Fsp3) is 1.00. The van der Waals surface area contributed by atoms with Crippen LogP contribution in [0.25, 0.3) is 0 Å². The summed E-state index contributed by atoms with van der Waals surface area (Å²) < 4.78 is 11.4. The quantitative estimate of drug-likeness (QED) is 0.857. The summed E-state index contributed by atoms with van der Waals surface area (Å²) in [6, 6.07) is 0. The van der Waals surface area contributed by atoms with E-state index in [-0.39, 0.29) is 11.5 Å². The van der Waals surface area contributed by atoms with Gasteiger partial charge in [0.2, 0.25) is 0 Å². The SMILES string of the molecule is COCC1CCCN(CC2C(O)C(C)(C)OC2(C)C)C1. The van der Waals surface area contributed by atoms with Gasteiger partial charge in [0.15, 0.2) is 0 Å². The Labute approximate surface area is 123 Å². The highest BCUT2D eigenvalue weighted by Gasteiger charge is 2.53. The number of aliphatic hydroxyl groups excluding tert-OH is 1. The molecule has 3 unspecified atom stereocenters. The number of ether oxygens (including phenoxy) is 2. The minimum atomic E-state index is -0.449. The Morgan fingerprint density at radius 1 is 1.25 bits per heavy atom. The van der Waals surface area contributed by atoms with Crippen LogP contribution in [0.15, 0.2) is 0 Å². The van der Waals surface area contributed by atoms with Crippen LogP contribution in [0.1, 0.15) is 40.5 Å². The van der Waals surface area contributed by atoms with Gasteiger partial charge in [0.1, 0.15) is 0 Å². The zero-order valence-corrected chi connectivity index (χ0v) is 13.7. The molecule has 0 aromatic rings. The largest absolute Gasteiger partial charge is 0.390 e. The molecule has 2 heterocycles. The van der Waals surface area contributed by atoms with Crippen molar-refractivity contribution in [1.82, 2.24) is 4.90 Å². The van der Waals surface area contributed by atoms with Gasteiger partial charge in [-0.1, -0.05) is 0 Å². The Bertz CT molecular complexity index is 328. The minimum Gasteiger partial charge on any atom is -0.390 e. The highest BCUT2D eigenvalue weighted by molar-refractivity contribution is 5.02. The molecule has 0 bridgehead atoms. The van der Waals surface area contributed by atoms with Crippen LogP contribution in [0.2, 0.25) is 0 Å². The predicted octanol–water partition coefficient (Wildman–Crippen LogP) is 1.91. The smallest absolute Gasteiger partial charge is 0.0896 e. The number of methoxy groups -OCH3 is 1. The van der Waals surface area contributed by atoms with Gasteiger partial charge in [-0.3, -0.25) is 0 Å². The molecular formula is C16H31NO3. The molecule has 4 nitrogen and oxygen atoms in total. The summed E-state index contributed by atoms with van der Waals surface area (Å²) in [6.45, 7) is 12.1. The van der Waals surface area contributed by atoms with E-state index in [0.29, 0.717) is 5.92 Å². The molecule has 0 aromatic heterocycles. The predicted molar refractivity (Wildman–Crippen MR) is 79.8 cm³/mol. The molecule has 2 fully saturated rings. The second-order valence-corrected chi connectivity index (χ2v) is 7.58. The Morgan fingerprint density at radius 3 is 2.50 bits per heavy atom. The first kappa shape index (κ1) is 16.2. The van der Waals surface area contributed by atoms with E-state index >= 15 is 0 Å². The van der Waals surface area contributed by atoms with E-state index in [1.165, 1.54) is 12.8 Å². The first-order chi connectivity index (χ1) is 9.26. The summed E-state index contributed by atoms with van der Waals surface area (Å²) in [5, 5.41) is 10.6. The van der Waals surface area contributed by atoms with Gasteiger partial charge in [0.25, 0.3) is 0 Å². The summed E-state index contributed by atoms with van der Waals surface area (Å²) in [5.41, 5.74) is -0.715. The third-order valence-electron chi connectivity index (χ3n) is 4.97. The zero-order chi connectivity index (χ0) is 15.0. The lowest BCUT2D eigenvalue weighted by atomic mass is 9.83. The van der Waals surface area contributed by atoms with E-state index in [4.69, 9.17) is 9.47 Å². The summed E-state index contributed by atoms with van der Waals surface area (Å²) in [5.74, 6) is 0.795. The third-order valence-corrected chi connectivity index (χ3v) is 4.97. The Kier molecular flexibility index (Phi) is 4.80. The van der Waals surface area contributed by atoms with Crippen molar-refractivity contribution >= 4 is 0 Å². The monoisotopic (exact) mass is 285 g/mol. The number of hydrogen-bond acceptors (Lipinski definition) is 4. The lowest BCUT2D eigenvalue weighted by Crippen LogP contribution is -2.47. The van der Waals surface area contributed by atoms with Gasteiger partial charge in [-0.25, -0.2) is 0 Å². The normalized spacial score (nSPS) is 37.2. The molecular weight excluding hydrogens is 254 g/mol. The van der Waals surface area contributed by atoms with E-state index in [9.17, 15) is 5.11 Å². The van der Waals surface area contributed by atoms with Gasteiger partial charge < -0.3 is 19.5 Å². The summed E-state index contributed by atoms with van der Waals surface area (Å²) in [7, 11) is 1.78. The van der Waals surface area contributed by atoms with Gasteiger partial charge in [0.05, 0.1) is 23.9 Å². The molecule has 2 rings (SSSR count). The van der Waals surface area contributed by atoms with E-state index < -0.39 is 11.7 Å². The van der Waals surface area contributed by atoms with Crippen LogP contribution in [0.5, 0.6) is 0 Å². The van der Waals surface area contributed by atoms with Crippen molar-refractivity contribution in [3.8, 4) is 0 Å². The second-order valence-electron chi connectivity index (χ2n) is 7.58. The van der Waals surface area contributed by atoms with Crippen molar-refractivity contribution in [3.05, 3.63) is 0 Å². The highest BCUT2D eigenvalue weighted by atomic mass is 16.5. The molecule has 2 aliphatic heterocycles. The topological polar surface area (TPSA) is 41.9 Å². The first-order valence-corrected chi connectivity index (χ1v) is 7.86.